The summed E-state index contributed by atoms with van der Waals surface area (Å²) >= 11 is 0. The van der Waals surface area contributed by atoms with Crippen LogP contribution in [0.15, 0.2) is 30.3 Å². The Labute approximate surface area is 200 Å². The molecule has 0 heterocycles. The van der Waals surface area contributed by atoms with Crippen molar-refractivity contribution in [2.24, 2.45) is 5.92 Å². The van der Waals surface area contributed by atoms with Gasteiger partial charge in [-0.3, -0.25) is 4.79 Å². The van der Waals surface area contributed by atoms with E-state index in [0.29, 0.717) is 6.42 Å². The van der Waals surface area contributed by atoms with E-state index >= 15 is 0 Å². The summed E-state index contributed by atoms with van der Waals surface area (Å²) in [5.74, 6) is -1.09. The Hall–Kier alpha value is -3.30. The Balaban J connectivity index is 1.80. The molecule has 2 atom stereocenters. The van der Waals surface area contributed by atoms with Gasteiger partial charge in [0.15, 0.2) is 0 Å². The van der Waals surface area contributed by atoms with Gasteiger partial charge in [-0.1, -0.05) is 30.3 Å². The molecule has 1 aliphatic rings. The maximum absolute atomic E-state index is 12.8. The number of nitrogens with one attached hydrogen (secondary N) is 3. The molecule has 34 heavy (non-hydrogen) atoms. The number of amides is 3. The number of hydrogen-bond acceptors (Lipinski definition) is 7. The molecule has 3 amide bonds. The number of carbonyl (C=O) groups excluding carboxylic acids is 4. The molecule has 3 N–H and O–H groups in total. The van der Waals surface area contributed by atoms with Crippen molar-refractivity contribution in [3.8, 4) is 0 Å². The van der Waals surface area contributed by atoms with Crippen LogP contribution < -0.4 is 16.0 Å². The molecule has 0 unspecified atom stereocenters. The molecule has 188 valence electrons. The highest BCUT2D eigenvalue weighted by Gasteiger charge is 2.39. The maximum Gasteiger partial charge on any atom is 0.408 e. The van der Waals surface area contributed by atoms with Crippen LogP contribution in [0.3, 0.4) is 0 Å². The van der Waals surface area contributed by atoms with Gasteiger partial charge in [0.1, 0.15) is 24.3 Å². The summed E-state index contributed by atoms with van der Waals surface area (Å²) in [6.45, 7) is 5.60. The summed E-state index contributed by atoms with van der Waals surface area (Å²) in [5.41, 5.74) is 0.176. The van der Waals surface area contributed by atoms with E-state index in [1.807, 2.05) is 30.3 Å². The fourth-order valence-corrected chi connectivity index (χ4v) is 3.19. The summed E-state index contributed by atoms with van der Waals surface area (Å²) in [6.07, 6.45) is 0.970. The van der Waals surface area contributed by atoms with Crippen LogP contribution in [0.1, 0.15) is 52.0 Å². The van der Waals surface area contributed by atoms with Crippen LogP contribution in [0.4, 0.5) is 9.59 Å². The highest BCUT2D eigenvalue weighted by Crippen LogP contribution is 2.33. The molecule has 0 aromatic heterocycles. The monoisotopic (exact) mass is 477 g/mol. The number of ether oxygens (including phenoxy) is 3. The maximum atomic E-state index is 12.8. The second kappa shape index (κ2) is 12.8. The van der Waals surface area contributed by atoms with Gasteiger partial charge in [-0.05, 0) is 57.9 Å². The van der Waals surface area contributed by atoms with Crippen molar-refractivity contribution in [2.45, 2.75) is 70.7 Å². The number of hydrogen-bond donors (Lipinski definition) is 3. The van der Waals surface area contributed by atoms with Crippen LogP contribution in [0.2, 0.25) is 0 Å². The highest BCUT2D eigenvalue weighted by atomic mass is 16.6. The fraction of sp³-hybridized carbons (Fsp3) is 0.583. The van der Waals surface area contributed by atoms with E-state index in [0.717, 1.165) is 18.4 Å². The summed E-state index contributed by atoms with van der Waals surface area (Å²) in [4.78, 5) is 49.0. The number of benzene rings is 1. The topological polar surface area (TPSA) is 132 Å². The van der Waals surface area contributed by atoms with Crippen molar-refractivity contribution in [1.82, 2.24) is 16.0 Å². The molecular weight excluding hydrogens is 442 g/mol. The molecule has 1 aromatic rings. The molecule has 0 saturated heterocycles. The third kappa shape index (κ3) is 10.1. The molecule has 10 nitrogen and oxygen atoms in total. The Morgan fingerprint density at radius 3 is 2.29 bits per heavy atom. The third-order valence-corrected chi connectivity index (χ3v) is 5.00. The quantitative estimate of drug-likeness (QED) is 0.254. The zero-order chi connectivity index (χ0) is 25.1. The summed E-state index contributed by atoms with van der Waals surface area (Å²) in [6, 6.07) is 7.58. The van der Waals surface area contributed by atoms with Crippen LogP contribution in [0.5, 0.6) is 0 Å². The van der Waals surface area contributed by atoms with Gasteiger partial charge in [0.25, 0.3) is 0 Å². The van der Waals surface area contributed by atoms with Crippen LogP contribution >= 0.6 is 0 Å². The van der Waals surface area contributed by atoms with Crippen molar-refractivity contribution < 1.29 is 33.4 Å². The molecule has 0 radical (unpaired) electrons. The lowest BCUT2D eigenvalue weighted by Gasteiger charge is -2.24. The Kier molecular flexibility index (Phi) is 10.2. The Morgan fingerprint density at radius 2 is 1.71 bits per heavy atom. The zero-order valence-electron chi connectivity index (χ0n) is 20.2. The minimum atomic E-state index is -0.915. The second-order valence-corrected chi connectivity index (χ2v) is 9.18. The van der Waals surface area contributed by atoms with Gasteiger partial charge in [0.05, 0.1) is 7.11 Å². The third-order valence-electron chi connectivity index (χ3n) is 5.00. The lowest BCUT2D eigenvalue weighted by Crippen LogP contribution is -2.53. The van der Waals surface area contributed by atoms with Gasteiger partial charge < -0.3 is 30.2 Å². The minimum absolute atomic E-state index is 0.00753. The molecule has 0 spiro atoms. The predicted molar refractivity (Wildman–Crippen MR) is 124 cm³/mol. The van der Waals surface area contributed by atoms with Gasteiger partial charge >= 0.3 is 18.2 Å². The van der Waals surface area contributed by atoms with Crippen molar-refractivity contribution >= 4 is 24.1 Å². The average Bonchev–Trinajstić information content (AvgIpc) is 3.62. The van der Waals surface area contributed by atoms with Crippen molar-refractivity contribution in [3.05, 3.63) is 35.9 Å². The van der Waals surface area contributed by atoms with E-state index in [2.05, 4.69) is 16.0 Å². The van der Waals surface area contributed by atoms with Crippen LogP contribution in [0.25, 0.3) is 0 Å². The lowest BCUT2D eigenvalue weighted by atomic mass is 10.1. The average molecular weight is 478 g/mol. The highest BCUT2D eigenvalue weighted by molar-refractivity contribution is 5.90. The zero-order valence-corrected chi connectivity index (χ0v) is 20.2. The normalized spacial score (nSPS) is 14.8. The number of alkyl carbamates (subject to hydrolysis) is 2. The standard InChI is InChI=1S/C24H35N3O7/c1-24(2,3)34-23(31)27-19(17-12-13-17)20(28)26-18(21(29)32-4)11-8-14-25-22(30)33-15-16-9-6-5-7-10-16/h5-7,9-10,17-19H,8,11-15H2,1-4H3,(H,25,30)(H,26,28)(H,27,31)/t18-,19-/m0/s1. The van der Waals surface area contributed by atoms with Crippen LogP contribution in [-0.4, -0.2) is 55.4 Å². The first-order valence-corrected chi connectivity index (χ1v) is 11.4. The first-order chi connectivity index (χ1) is 16.1. The second-order valence-electron chi connectivity index (χ2n) is 9.18. The summed E-state index contributed by atoms with van der Waals surface area (Å²) < 4.78 is 15.2. The van der Waals surface area contributed by atoms with E-state index in [1.54, 1.807) is 20.8 Å². The van der Waals surface area contributed by atoms with Crippen molar-refractivity contribution in [1.29, 1.82) is 0 Å². The molecule has 10 heteroatoms. The molecule has 1 saturated carbocycles. The van der Waals surface area contributed by atoms with Gasteiger partial charge in [-0.25, -0.2) is 14.4 Å². The number of rotatable bonds is 11. The van der Waals surface area contributed by atoms with Crippen molar-refractivity contribution in [3.63, 3.8) is 0 Å². The van der Waals surface area contributed by atoms with E-state index in [4.69, 9.17) is 14.2 Å². The number of esters is 1. The van der Waals surface area contributed by atoms with E-state index < -0.39 is 41.7 Å². The molecule has 1 fully saturated rings. The van der Waals surface area contributed by atoms with Gasteiger partial charge in [0.2, 0.25) is 5.91 Å². The summed E-state index contributed by atoms with van der Waals surface area (Å²) in [5, 5.41) is 7.89. The Morgan fingerprint density at radius 1 is 1.03 bits per heavy atom. The van der Waals surface area contributed by atoms with Crippen LogP contribution in [-0.2, 0) is 30.4 Å². The molecule has 1 aromatic carbocycles. The number of carbonyl (C=O) groups is 4. The largest absolute Gasteiger partial charge is 0.467 e. The first kappa shape index (κ1) is 26.9. The predicted octanol–water partition coefficient (Wildman–Crippen LogP) is 2.65. The van der Waals surface area contributed by atoms with Gasteiger partial charge in [-0.2, -0.15) is 0 Å². The van der Waals surface area contributed by atoms with Gasteiger partial charge in [0, 0.05) is 6.54 Å². The molecule has 0 aliphatic heterocycles. The van der Waals surface area contributed by atoms with Crippen molar-refractivity contribution in [2.75, 3.05) is 13.7 Å². The molecule has 1 aliphatic carbocycles. The van der Waals surface area contributed by atoms with Crippen LogP contribution in [0, 0.1) is 5.92 Å². The minimum Gasteiger partial charge on any atom is -0.467 e. The lowest BCUT2D eigenvalue weighted by molar-refractivity contribution is -0.145. The molecular formula is C24H35N3O7. The molecule has 2 rings (SSSR count). The fourth-order valence-electron chi connectivity index (χ4n) is 3.19. The number of methoxy groups -OCH3 is 1. The molecule has 0 bridgehead atoms. The van der Waals surface area contributed by atoms with E-state index in [1.165, 1.54) is 7.11 Å². The Bertz CT molecular complexity index is 835. The van der Waals surface area contributed by atoms with E-state index in [-0.39, 0.29) is 25.5 Å². The van der Waals surface area contributed by atoms with E-state index in [9.17, 15) is 19.2 Å². The van der Waals surface area contributed by atoms with Gasteiger partial charge in [-0.15, -0.1) is 0 Å². The first-order valence-electron chi connectivity index (χ1n) is 11.4. The SMILES string of the molecule is COC(=O)[C@H](CCCNC(=O)OCc1ccccc1)NC(=O)[C@@H](NC(=O)OC(C)(C)C)C1CC1. The smallest absolute Gasteiger partial charge is 0.408 e. The summed E-state index contributed by atoms with van der Waals surface area (Å²) in [7, 11) is 1.23.